The average Bonchev–Trinajstić information content (AvgIpc) is 1.82. The van der Waals surface area contributed by atoms with Crippen molar-refractivity contribution >= 4 is 18.4 Å². The van der Waals surface area contributed by atoms with Crippen molar-refractivity contribution in [3.63, 3.8) is 0 Å². The topological polar surface area (TPSA) is 63.3 Å². The quantitative estimate of drug-likeness (QED) is 0.657. The molecule has 0 aromatic heterocycles. The van der Waals surface area contributed by atoms with Gasteiger partial charge in [0.05, 0.1) is 0 Å². The van der Waals surface area contributed by atoms with Crippen molar-refractivity contribution in [3.05, 3.63) is 0 Å². The first-order valence-corrected chi connectivity index (χ1v) is 3.17. The summed E-state index contributed by atoms with van der Waals surface area (Å²) in [6.45, 7) is 2.01. The zero-order valence-corrected chi connectivity index (χ0v) is 6.86. The van der Waals surface area contributed by atoms with Crippen LogP contribution in [0.4, 0.5) is 0 Å². The van der Waals surface area contributed by atoms with Crippen LogP contribution in [0.2, 0.25) is 0 Å². The summed E-state index contributed by atoms with van der Waals surface area (Å²) in [4.78, 5) is 10.1. The van der Waals surface area contributed by atoms with E-state index in [0.717, 1.165) is 12.8 Å². The molecule has 62 valence electrons. The summed E-state index contributed by atoms with van der Waals surface area (Å²) in [6, 6.07) is -0.662. The van der Waals surface area contributed by atoms with Crippen molar-refractivity contribution in [2.45, 2.75) is 32.2 Å². The number of nitrogens with two attached hydrogens (primary N) is 1. The highest BCUT2D eigenvalue weighted by molar-refractivity contribution is 5.85. The van der Waals surface area contributed by atoms with Crippen LogP contribution >= 0.6 is 12.4 Å². The third kappa shape index (κ3) is 5.85. The molecule has 10 heavy (non-hydrogen) atoms. The Balaban J connectivity index is 0. The molecule has 0 aliphatic rings. The molecule has 4 heteroatoms. The van der Waals surface area contributed by atoms with Crippen LogP contribution in [0.1, 0.15) is 26.2 Å². The molecule has 3 N–H and O–H groups in total. The van der Waals surface area contributed by atoms with Crippen LogP contribution in [0.15, 0.2) is 0 Å². The standard InChI is InChI=1S/C6H13NO2.ClH/c1-2-3-4-5(7)6(8)9;/h5H,2-4,7H2,1H3,(H,8,9);1H. The molecule has 0 aromatic rings. The first kappa shape index (κ1) is 12.4. The maximum Gasteiger partial charge on any atom is 0.320 e. The van der Waals surface area contributed by atoms with E-state index in [1.165, 1.54) is 0 Å². The van der Waals surface area contributed by atoms with Crippen LogP contribution < -0.4 is 5.73 Å². The monoisotopic (exact) mass is 167 g/mol. The number of halogens is 1. The summed E-state index contributed by atoms with van der Waals surface area (Å²) in [7, 11) is 0. The zero-order valence-electron chi connectivity index (χ0n) is 6.04. The van der Waals surface area contributed by atoms with Gasteiger partial charge in [-0.1, -0.05) is 19.8 Å². The molecule has 0 aliphatic heterocycles. The minimum absolute atomic E-state index is 0. The molecular formula is C6H14ClNO2. The van der Waals surface area contributed by atoms with Gasteiger partial charge in [-0.05, 0) is 6.42 Å². The number of carbonyl (C=O) groups is 1. The molecule has 0 saturated heterocycles. The Kier molecular flexibility index (Phi) is 8.48. The molecule has 0 saturated carbocycles. The van der Waals surface area contributed by atoms with Crippen LogP contribution in [0.25, 0.3) is 0 Å². The molecule has 0 spiro atoms. The van der Waals surface area contributed by atoms with E-state index in [-0.39, 0.29) is 12.4 Å². The fourth-order valence-corrected chi connectivity index (χ4v) is 0.548. The number of carboxylic acids is 1. The lowest BCUT2D eigenvalue weighted by molar-refractivity contribution is -0.138. The van der Waals surface area contributed by atoms with Gasteiger partial charge in [-0.15, -0.1) is 12.4 Å². The van der Waals surface area contributed by atoms with Gasteiger partial charge >= 0.3 is 5.97 Å². The lowest BCUT2D eigenvalue weighted by Gasteiger charge is -2.02. The molecular weight excluding hydrogens is 154 g/mol. The fourth-order valence-electron chi connectivity index (χ4n) is 0.548. The van der Waals surface area contributed by atoms with Gasteiger partial charge in [0.25, 0.3) is 0 Å². The van der Waals surface area contributed by atoms with E-state index in [1.807, 2.05) is 6.92 Å². The van der Waals surface area contributed by atoms with E-state index in [2.05, 4.69) is 0 Å². The van der Waals surface area contributed by atoms with Crippen LogP contribution in [0, 0.1) is 0 Å². The molecule has 0 fully saturated rings. The van der Waals surface area contributed by atoms with Crippen molar-refractivity contribution in [2.24, 2.45) is 5.73 Å². The predicted octanol–water partition coefficient (Wildman–Crippen LogP) is 1.01. The van der Waals surface area contributed by atoms with Gasteiger partial charge < -0.3 is 10.8 Å². The maximum atomic E-state index is 10.1. The summed E-state index contributed by atoms with van der Waals surface area (Å²) in [5, 5.41) is 8.28. The van der Waals surface area contributed by atoms with Crippen LogP contribution in [-0.4, -0.2) is 17.1 Å². The van der Waals surface area contributed by atoms with Crippen molar-refractivity contribution in [3.8, 4) is 0 Å². The Hall–Kier alpha value is -0.280. The largest absolute Gasteiger partial charge is 0.480 e. The molecule has 0 amide bonds. The number of unbranched alkanes of at least 4 members (excludes halogenated alkanes) is 1. The van der Waals surface area contributed by atoms with E-state index < -0.39 is 12.0 Å². The lowest BCUT2D eigenvalue weighted by atomic mass is 10.1. The van der Waals surface area contributed by atoms with E-state index >= 15 is 0 Å². The van der Waals surface area contributed by atoms with E-state index in [4.69, 9.17) is 10.8 Å². The number of carboxylic acid groups (broad SMARTS) is 1. The van der Waals surface area contributed by atoms with Crippen molar-refractivity contribution in [1.82, 2.24) is 0 Å². The van der Waals surface area contributed by atoms with Gasteiger partial charge in [0.2, 0.25) is 0 Å². The Morgan fingerprint density at radius 3 is 2.50 bits per heavy atom. The second-order valence-electron chi connectivity index (χ2n) is 2.09. The summed E-state index contributed by atoms with van der Waals surface area (Å²) in [5.74, 6) is -0.900. The Morgan fingerprint density at radius 2 is 2.20 bits per heavy atom. The predicted molar refractivity (Wildman–Crippen MR) is 42.4 cm³/mol. The van der Waals surface area contributed by atoms with E-state index in [0.29, 0.717) is 6.42 Å². The summed E-state index contributed by atoms with van der Waals surface area (Å²) in [5.41, 5.74) is 5.20. The third-order valence-electron chi connectivity index (χ3n) is 1.19. The highest BCUT2D eigenvalue weighted by Gasteiger charge is 2.08. The van der Waals surface area contributed by atoms with Gasteiger partial charge in [0.15, 0.2) is 0 Å². The van der Waals surface area contributed by atoms with E-state index in [1.54, 1.807) is 0 Å². The molecule has 0 aromatic carbocycles. The highest BCUT2D eigenvalue weighted by atomic mass is 35.5. The molecule has 0 bridgehead atoms. The van der Waals surface area contributed by atoms with Crippen LogP contribution in [0.3, 0.4) is 0 Å². The molecule has 0 aliphatic carbocycles. The SMILES string of the molecule is CCCCC(N)C(=O)O.Cl. The average molecular weight is 168 g/mol. The Bertz CT molecular complexity index is 97.7. The van der Waals surface area contributed by atoms with Crippen molar-refractivity contribution < 1.29 is 9.90 Å². The van der Waals surface area contributed by atoms with Gasteiger partial charge in [-0.2, -0.15) is 0 Å². The fraction of sp³-hybridized carbons (Fsp3) is 0.833. The first-order valence-electron chi connectivity index (χ1n) is 3.17. The van der Waals surface area contributed by atoms with Crippen molar-refractivity contribution in [2.75, 3.05) is 0 Å². The number of rotatable bonds is 4. The second-order valence-corrected chi connectivity index (χ2v) is 2.09. The van der Waals surface area contributed by atoms with Crippen LogP contribution in [-0.2, 0) is 4.79 Å². The maximum absolute atomic E-state index is 10.1. The molecule has 0 radical (unpaired) electrons. The number of hydrogen-bond acceptors (Lipinski definition) is 2. The molecule has 1 unspecified atom stereocenters. The first-order chi connectivity index (χ1) is 4.18. The highest BCUT2D eigenvalue weighted by Crippen LogP contribution is 1.96. The van der Waals surface area contributed by atoms with Gasteiger partial charge in [0.1, 0.15) is 6.04 Å². The van der Waals surface area contributed by atoms with E-state index in [9.17, 15) is 4.79 Å². The molecule has 3 nitrogen and oxygen atoms in total. The third-order valence-corrected chi connectivity index (χ3v) is 1.19. The second kappa shape index (κ2) is 6.83. The van der Waals surface area contributed by atoms with Gasteiger partial charge in [0, 0.05) is 0 Å². The summed E-state index contributed by atoms with van der Waals surface area (Å²) < 4.78 is 0. The van der Waals surface area contributed by atoms with Crippen LogP contribution in [0.5, 0.6) is 0 Å². The number of aliphatic carboxylic acids is 1. The molecule has 0 heterocycles. The smallest absolute Gasteiger partial charge is 0.320 e. The molecule has 0 rings (SSSR count). The minimum atomic E-state index is -0.900. The van der Waals surface area contributed by atoms with Crippen molar-refractivity contribution in [1.29, 1.82) is 0 Å². The lowest BCUT2D eigenvalue weighted by Crippen LogP contribution is -2.29. The summed E-state index contributed by atoms with van der Waals surface area (Å²) >= 11 is 0. The minimum Gasteiger partial charge on any atom is -0.480 e. The normalized spacial score (nSPS) is 11.8. The van der Waals surface area contributed by atoms with Gasteiger partial charge in [-0.3, -0.25) is 4.79 Å². The Labute approximate surface area is 67.0 Å². The zero-order chi connectivity index (χ0) is 7.28. The Morgan fingerprint density at radius 1 is 1.70 bits per heavy atom. The van der Waals surface area contributed by atoms with Gasteiger partial charge in [-0.25, -0.2) is 0 Å². The number of hydrogen-bond donors (Lipinski definition) is 2. The summed E-state index contributed by atoms with van der Waals surface area (Å²) in [6.07, 6.45) is 2.49. The molecule has 1 atom stereocenters.